The molecule has 1 amide bonds. The lowest BCUT2D eigenvalue weighted by molar-refractivity contribution is 0.0487. The molecule has 0 spiro atoms. The van der Waals surface area contributed by atoms with Gasteiger partial charge in [-0.3, -0.25) is 0 Å². The van der Waals surface area contributed by atoms with Crippen molar-refractivity contribution in [3.8, 4) is 0 Å². The number of amides is 1. The fraction of sp³-hybridized carbons (Fsp3) is 0.824. The van der Waals surface area contributed by atoms with E-state index in [2.05, 4.69) is 46.5 Å². The molecule has 0 unspecified atom stereocenters. The van der Waals surface area contributed by atoms with E-state index in [1.54, 1.807) is 6.08 Å². The minimum absolute atomic E-state index is 0.0234. The topological polar surface area (TPSA) is 41.6 Å². The van der Waals surface area contributed by atoms with Crippen LogP contribution in [0.25, 0.3) is 0 Å². The molecule has 0 aromatic rings. The van der Waals surface area contributed by atoms with Gasteiger partial charge in [-0.25, -0.2) is 4.79 Å². The summed E-state index contributed by atoms with van der Waals surface area (Å²) in [6.45, 7) is 15.6. The van der Waals surface area contributed by atoms with Crippen LogP contribution >= 0.6 is 0 Å². The predicted molar refractivity (Wildman–Crippen MR) is 87.5 cm³/mol. The summed E-state index contributed by atoms with van der Waals surface area (Å²) < 4.78 is 5.29. The second-order valence-corrected chi connectivity index (χ2v) is 7.37. The first kappa shape index (κ1) is 18.0. The Kier molecular flexibility index (Phi) is 6.26. The summed E-state index contributed by atoms with van der Waals surface area (Å²) in [5.74, 6) is 0. The molecule has 1 aliphatic heterocycles. The van der Waals surface area contributed by atoms with Crippen LogP contribution in [0.4, 0.5) is 4.79 Å². The van der Waals surface area contributed by atoms with Crippen molar-refractivity contribution < 1.29 is 9.53 Å². The molecule has 122 valence electrons. The summed E-state index contributed by atoms with van der Waals surface area (Å²) in [6.07, 6.45) is 5.39. The van der Waals surface area contributed by atoms with Crippen molar-refractivity contribution in [3.63, 3.8) is 0 Å². The summed E-state index contributed by atoms with van der Waals surface area (Å²) in [7, 11) is 0. The molecular weight excluding hydrogens is 264 g/mol. The van der Waals surface area contributed by atoms with Gasteiger partial charge in [0, 0.05) is 23.7 Å². The van der Waals surface area contributed by atoms with Gasteiger partial charge in [0.15, 0.2) is 0 Å². The van der Waals surface area contributed by atoms with Gasteiger partial charge in [0.05, 0.1) is 0 Å². The Morgan fingerprint density at radius 1 is 1.33 bits per heavy atom. The fourth-order valence-corrected chi connectivity index (χ4v) is 3.45. The summed E-state index contributed by atoms with van der Waals surface area (Å²) in [4.78, 5) is 14.3. The smallest absolute Gasteiger partial charge is 0.410 e. The van der Waals surface area contributed by atoms with E-state index >= 15 is 0 Å². The van der Waals surface area contributed by atoms with Crippen LogP contribution in [0.3, 0.4) is 0 Å². The fourth-order valence-electron chi connectivity index (χ4n) is 3.45. The monoisotopic (exact) mass is 296 g/mol. The third-order valence-corrected chi connectivity index (χ3v) is 3.92. The second-order valence-electron chi connectivity index (χ2n) is 7.37. The Morgan fingerprint density at radius 3 is 2.38 bits per heavy atom. The summed E-state index contributed by atoms with van der Waals surface area (Å²) in [6, 6.07) is 0.222. The summed E-state index contributed by atoms with van der Waals surface area (Å²) >= 11 is 0. The quantitative estimate of drug-likeness (QED) is 0.760. The highest BCUT2D eigenvalue weighted by Crippen LogP contribution is 2.32. The van der Waals surface area contributed by atoms with Crippen molar-refractivity contribution >= 4 is 6.09 Å². The zero-order valence-corrected chi connectivity index (χ0v) is 14.4. The Balaban J connectivity index is 2.85. The van der Waals surface area contributed by atoms with Crippen molar-refractivity contribution in [2.45, 2.75) is 77.4 Å². The van der Waals surface area contributed by atoms with Crippen LogP contribution in [0.2, 0.25) is 0 Å². The number of hydrogen-bond acceptors (Lipinski definition) is 3. The Morgan fingerprint density at radius 2 is 1.90 bits per heavy atom. The molecule has 4 nitrogen and oxygen atoms in total. The molecule has 1 rings (SSSR count). The van der Waals surface area contributed by atoms with Gasteiger partial charge < -0.3 is 15.0 Å². The van der Waals surface area contributed by atoms with E-state index in [0.717, 1.165) is 32.2 Å². The van der Waals surface area contributed by atoms with Crippen LogP contribution in [0.5, 0.6) is 0 Å². The molecular formula is C17H32N2O2. The number of nitrogens with zero attached hydrogens (tertiary/aromatic N) is 1. The largest absolute Gasteiger partial charge is 0.445 e. The molecule has 0 atom stereocenters. The molecule has 0 saturated carbocycles. The zero-order chi connectivity index (χ0) is 16.1. The highest BCUT2D eigenvalue weighted by molar-refractivity contribution is 5.68. The molecule has 4 heteroatoms. The number of piperidine rings is 1. The molecule has 1 aliphatic rings. The van der Waals surface area contributed by atoms with Gasteiger partial charge in [0.2, 0.25) is 0 Å². The number of ether oxygens (including phenoxy) is 1. The van der Waals surface area contributed by atoms with E-state index in [-0.39, 0.29) is 29.8 Å². The van der Waals surface area contributed by atoms with Crippen LogP contribution in [-0.2, 0) is 4.74 Å². The predicted octanol–water partition coefficient (Wildman–Crippen LogP) is 3.72. The molecule has 1 saturated heterocycles. The van der Waals surface area contributed by atoms with E-state index < -0.39 is 0 Å². The van der Waals surface area contributed by atoms with E-state index in [1.807, 2.05) is 4.90 Å². The van der Waals surface area contributed by atoms with Crippen molar-refractivity contribution in [3.05, 3.63) is 12.7 Å². The van der Waals surface area contributed by atoms with Gasteiger partial charge >= 0.3 is 6.09 Å². The first-order chi connectivity index (χ1) is 9.71. The second kappa shape index (κ2) is 7.30. The maximum Gasteiger partial charge on any atom is 0.410 e. The Bertz CT molecular complexity index is 348. The maximum absolute atomic E-state index is 12.4. The molecule has 1 heterocycles. The van der Waals surface area contributed by atoms with Crippen LogP contribution in [-0.4, -0.2) is 41.3 Å². The van der Waals surface area contributed by atoms with Gasteiger partial charge in [0.1, 0.15) is 6.61 Å². The average Bonchev–Trinajstić information content (AvgIpc) is 2.33. The van der Waals surface area contributed by atoms with E-state index in [0.29, 0.717) is 0 Å². The maximum atomic E-state index is 12.4. The average molecular weight is 296 g/mol. The van der Waals surface area contributed by atoms with Gasteiger partial charge in [0.25, 0.3) is 0 Å². The summed E-state index contributed by atoms with van der Waals surface area (Å²) in [5.41, 5.74) is 0.0468. The van der Waals surface area contributed by atoms with Gasteiger partial charge in [-0.1, -0.05) is 26.0 Å². The third kappa shape index (κ3) is 5.70. The van der Waals surface area contributed by atoms with Crippen molar-refractivity contribution in [2.75, 3.05) is 13.2 Å². The summed E-state index contributed by atoms with van der Waals surface area (Å²) in [5, 5.41) is 3.66. The highest BCUT2D eigenvalue weighted by Gasteiger charge is 2.41. The molecule has 1 N–H and O–H groups in total. The molecule has 0 aliphatic carbocycles. The number of unbranched alkanes of at least 4 members (excludes halogenated alkanes) is 1. The van der Waals surface area contributed by atoms with Crippen LogP contribution in [0.1, 0.15) is 60.3 Å². The lowest BCUT2D eigenvalue weighted by atomic mass is 9.79. The number of carbonyl (C=O) groups excluding carboxylic acids is 1. The first-order valence-electron chi connectivity index (χ1n) is 8.04. The van der Waals surface area contributed by atoms with Gasteiger partial charge in [-0.15, -0.1) is 0 Å². The Labute approximate surface area is 129 Å². The van der Waals surface area contributed by atoms with Crippen molar-refractivity contribution in [1.82, 2.24) is 10.2 Å². The highest BCUT2D eigenvalue weighted by atomic mass is 16.6. The van der Waals surface area contributed by atoms with Crippen LogP contribution < -0.4 is 5.32 Å². The van der Waals surface area contributed by atoms with Crippen molar-refractivity contribution in [2.24, 2.45) is 0 Å². The molecule has 0 bridgehead atoms. The SMILES string of the molecule is C=CCOC(=O)N(CCCC)C1CC(C)(C)NC(C)(C)C1. The third-order valence-electron chi connectivity index (χ3n) is 3.92. The lowest BCUT2D eigenvalue weighted by Gasteiger charge is -2.49. The van der Waals surface area contributed by atoms with Gasteiger partial charge in [-0.2, -0.15) is 0 Å². The number of rotatable bonds is 6. The van der Waals surface area contributed by atoms with Crippen LogP contribution in [0, 0.1) is 0 Å². The van der Waals surface area contributed by atoms with Crippen molar-refractivity contribution in [1.29, 1.82) is 0 Å². The van der Waals surface area contributed by atoms with E-state index in [1.165, 1.54) is 0 Å². The number of nitrogens with one attached hydrogen (secondary N) is 1. The van der Waals surface area contributed by atoms with E-state index in [4.69, 9.17) is 4.74 Å². The van der Waals surface area contributed by atoms with Crippen LogP contribution in [0.15, 0.2) is 12.7 Å². The molecule has 0 radical (unpaired) electrons. The first-order valence-corrected chi connectivity index (χ1v) is 8.04. The minimum atomic E-state index is -0.207. The standard InChI is InChI=1S/C17H32N2O2/c1-7-9-10-19(15(20)21-11-8-2)14-12-16(3,4)18-17(5,6)13-14/h8,14,18H,2,7,9-13H2,1,3-6H3. The lowest BCUT2D eigenvalue weighted by Crippen LogP contribution is -2.63. The van der Waals surface area contributed by atoms with E-state index in [9.17, 15) is 4.79 Å². The zero-order valence-electron chi connectivity index (χ0n) is 14.4. The molecule has 0 aromatic carbocycles. The molecule has 0 aromatic heterocycles. The van der Waals surface area contributed by atoms with Gasteiger partial charge in [-0.05, 0) is 47.0 Å². The normalized spacial score (nSPS) is 20.8. The number of carbonyl (C=O) groups is 1. The minimum Gasteiger partial charge on any atom is -0.445 e. The molecule has 1 fully saturated rings. The molecule has 21 heavy (non-hydrogen) atoms. The Hall–Kier alpha value is -1.03. The number of hydrogen-bond donors (Lipinski definition) is 1.